The summed E-state index contributed by atoms with van der Waals surface area (Å²) in [5.41, 5.74) is 0.469. The minimum absolute atomic E-state index is 0.0961. The fourth-order valence-corrected chi connectivity index (χ4v) is 1.10. The molecule has 0 spiro atoms. The molecule has 5 nitrogen and oxygen atoms in total. The smallest absolute Gasteiger partial charge is 0.309 e. The largest absolute Gasteiger partial charge is 0.504 e. The molecule has 0 saturated carbocycles. The Balaban J connectivity index is 2.78. The zero-order chi connectivity index (χ0) is 12.1. The van der Waals surface area contributed by atoms with E-state index in [9.17, 15) is 15.0 Å². The lowest BCUT2D eigenvalue weighted by molar-refractivity contribution is -0.139. The van der Waals surface area contributed by atoms with Crippen molar-refractivity contribution in [3.8, 4) is 17.2 Å². The number of ether oxygens (including phenoxy) is 1. The molecule has 0 radical (unpaired) electrons. The highest BCUT2D eigenvalue weighted by atomic mass is 16.5. The summed E-state index contributed by atoms with van der Waals surface area (Å²) >= 11 is 0. The molecule has 1 rings (SSSR count). The summed E-state index contributed by atoms with van der Waals surface area (Å²) < 4.78 is 4.43. The molecule has 0 saturated heterocycles. The third kappa shape index (κ3) is 2.91. The van der Waals surface area contributed by atoms with Gasteiger partial charge in [0.05, 0.1) is 13.5 Å². The summed E-state index contributed by atoms with van der Waals surface area (Å²) in [5.74, 6) is -1.79. The Kier molecular flexibility index (Phi) is 3.77. The number of hydrogen-bond donors (Lipinski definition) is 3. The van der Waals surface area contributed by atoms with Crippen LogP contribution in [0.25, 0.3) is 6.08 Å². The van der Waals surface area contributed by atoms with E-state index in [0.29, 0.717) is 5.56 Å². The van der Waals surface area contributed by atoms with E-state index in [0.717, 1.165) is 0 Å². The lowest BCUT2D eigenvalue weighted by Gasteiger charge is -2.02. The van der Waals surface area contributed by atoms with Crippen LogP contribution in [0.5, 0.6) is 17.2 Å². The fourth-order valence-electron chi connectivity index (χ4n) is 1.10. The monoisotopic (exact) mass is 224 g/mol. The van der Waals surface area contributed by atoms with Crippen LogP contribution >= 0.6 is 0 Å². The molecule has 16 heavy (non-hydrogen) atoms. The minimum atomic E-state index is -0.565. The number of phenolic OH excluding ortho intramolecular Hbond substituents is 3. The van der Waals surface area contributed by atoms with Crippen molar-refractivity contribution in [3.63, 3.8) is 0 Å². The van der Waals surface area contributed by atoms with Crippen molar-refractivity contribution in [2.45, 2.75) is 6.42 Å². The zero-order valence-electron chi connectivity index (χ0n) is 8.67. The van der Waals surface area contributed by atoms with Crippen molar-refractivity contribution in [3.05, 3.63) is 23.8 Å². The van der Waals surface area contributed by atoms with E-state index in [1.807, 2.05) is 0 Å². The molecular weight excluding hydrogens is 212 g/mol. The second-order valence-electron chi connectivity index (χ2n) is 3.09. The van der Waals surface area contributed by atoms with Crippen LogP contribution in [0.2, 0.25) is 0 Å². The summed E-state index contributed by atoms with van der Waals surface area (Å²) in [6, 6.07) is 2.53. The summed E-state index contributed by atoms with van der Waals surface area (Å²) in [5, 5.41) is 27.5. The number of rotatable bonds is 3. The van der Waals surface area contributed by atoms with Gasteiger partial charge in [0.25, 0.3) is 0 Å². The summed E-state index contributed by atoms with van der Waals surface area (Å²) in [6.07, 6.45) is 3.14. The van der Waals surface area contributed by atoms with Crippen molar-refractivity contribution < 1.29 is 24.9 Å². The van der Waals surface area contributed by atoms with Gasteiger partial charge in [-0.15, -0.1) is 0 Å². The molecule has 5 heteroatoms. The molecule has 0 bridgehead atoms. The van der Waals surface area contributed by atoms with Crippen LogP contribution < -0.4 is 0 Å². The molecule has 0 aromatic heterocycles. The van der Waals surface area contributed by atoms with Gasteiger partial charge in [-0.25, -0.2) is 0 Å². The summed E-state index contributed by atoms with van der Waals surface area (Å²) in [7, 11) is 1.29. The number of esters is 1. The molecule has 1 aromatic rings. The van der Waals surface area contributed by atoms with Gasteiger partial charge in [0, 0.05) is 0 Å². The van der Waals surface area contributed by atoms with Gasteiger partial charge in [0.15, 0.2) is 17.2 Å². The summed E-state index contributed by atoms with van der Waals surface area (Å²) in [6.45, 7) is 0. The van der Waals surface area contributed by atoms with Crippen molar-refractivity contribution >= 4 is 12.0 Å². The molecule has 0 aliphatic rings. The molecule has 0 unspecified atom stereocenters. The quantitative estimate of drug-likeness (QED) is 0.533. The Morgan fingerprint density at radius 2 is 1.88 bits per heavy atom. The van der Waals surface area contributed by atoms with E-state index in [4.69, 9.17) is 5.11 Å². The first kappa shape index (κ1) is 11.9. The minimum Gasteiger partial charge on any atom is -0.504 e. The van der Waals surface area contributed by atoms with E-state index in [1.54, 1.807) is 0 Å². The maximum Gasteiger partial charge on any atom is 0.309 e. The van der Waals surface area contributed by atoms with Crippen molar-refractivity contribution in [1.29, 1.82) is 0 Å². The van der Waals surface area contributed by atoms with E-state index < -0.39 is 17.2 Å². The van der Waals surface area contributed by atoms with Crippen LogP contribution in [0.3, 0.4) is 0 Å². The topological polar surface area (TPSA) is 87.0 Å². The normalized spacial score (nSPS) is 10.6. The van der Waals surface area contributed by atoms with Gasteiger partial charge < -0.3 is 20.1 Å². The molecule has 1 aromatic carbocycles. The number of phenols is 3. The molecule has 0 heterocycles. The second-order valence-corrected chi connectivity index (χ2v) is 3.09. The third-order valence-corrected chi connectivity index (χ3v) is 1.91. The average Bonchev–Trinajstić information content (AvgIpc) is 2.25. The Bertz CT molecular complexity index is 399. The molecule has 0 atom stereocenters. The lowest BCUT2D eigenvalue weighted by Crippen LogP contribution is -1.96. The standard InChI is InChI=1S/C11H12O5/c1-16-10(14)4-2-3-7-5-8(12)11(15)9(13)6-7/h2-3,5-6,12-13,15H,4H2,1H3. The highest BCUT2D eigenvalue weighted by Gasteiger charge is 2.06. The lowest BCUT2D eigenvalue weighted by atomic mass is 10.1. The van der Waals surface area contributed by atoms with E-state index in [-0.39, 0.29) is 12.4 Å². The number of aromatic hydroxyl groups is 3. The highest BCUT2D eigenvalue weighted by Crippen LogP contribution is 2.35. The van der Waals surface area contributed by atoms with Crippen molar-refractivity contribution in [1.82, 2.24) is 0 Å². The first-order valence-electron chi connectivity index (χ1n) is 4.53. The van der Waals surface area contributed by atoms with Crippen LogP contribution in [0.4, 0.5) is 0 Å². The van der Waals surface area contributed by atoms with Crippen molar-refractivity contribution in [2.24, 2.45) is 0 Å². The first-order chi connectivity index (χ1) is 7.54. The highest BCUT2D eigenvalue weighted by molar-refractivity contribution is 5.72. The van der Waals surface area contributed by atoms with Gasteiger partial charge in [-0.3, -0.25) is 4.79 Å². The predicted molar refractivity (Wildman–Crippen MR) is 57.1 cm³/mol. The number of benzene rings is 1. The molecule has 0 amide bonds. The Morgan fingerprint density at radius 3 is 2.38 bits per heavy atom. The summed E-state index contributed by atoms with van der Waals surface area (Å²) in [4.78, 5) is 10.8. The van der Waals surface area contributed by atoms with E-state index in [1.165, 1.54) is 31.4 Å². The van der Waals surface area contributed by atoms with Crippen LogP contribution in [0.1, 0.15) is 12.0 Å². The first-order valence-corrected chi connectivity index (χ1v) is 4.53. The van der Waals surface area contributed by atoms with Crippen LogP contribution in [0.15, 0.2) is 18.2 Å². The van der Waals surface area contributed by atoms with Crippen LogP contribution in [-0.2, 0) is 9.53 Å². The number of carbonyl (C=O) groups is 1. The van der Waals surface area contributed by atoms with Gasteiger partial charge in [-0.05, 0) is 17.7 Å². The third-order valence-electron chi connectivity index (χ3n) is 1.91. The van der Waals surface area contributed by atoms with Crippen LogP contribution in [-0.4, -0.2) is 28.4 Å². The molecule has 0 aliphatic carbocycles. The fraction of sp³-hybridized carbons (Fsp3) is 0.182. The molecule has 0 fully saturated rings. The maximum absolute atomic E-state index is 10.8. The SMILES string of the molecule is COC(=O)CC=Cc1cc(O)c(O)c(O)c1. The Hall–Kier alpha value is -2.17. The maximum atomic E-state index is 10.8. The number of hydrogen-bond acceptors (Lipinski definition) is 5. The van der Waals surface area contributed by atoms with Gasteiger partial charge in [-0.1, -0.05) is 12.2 Å². The molecule has 0 aliphatic heterocycles. The average molecular weight is 224 g/mol. The van der Waals surface area contributed by atoms with Crippen molar-refractivity contribution in [2.75, 3.05) is 7.11 Å². The van der Waals surface area contributed by atoms with E-state index in [2.05, 4.69) is 4.74 Å². The predicted octanol–water partition coefficient (Wildman–Crippen LogP) is 1.38. The zero-order valence-corrected chi connectivity index (χ0v) is 8.67. The number of carbonyl (C=O) groups excluding carboxylic acids is 1. The van der Waals surface area contributed by atoms with Gasteiger partial charge >= 0.3 is 5.97 Å². The van der Waals surface area contributed by atoms with Gasteiger partial charge in [0.2, 0.25) is 0 Å². The Labute approximate surface area is 92.2 Å². The van der Waals surface area contributed by atoms with Gasteiger partial charge in [-0.2, -0.15) is 0 Å². The Morgan fingerprint density at radius 1 is 1.31 bits per heavy atom. The second kappa shape index (κ2) is 5.06. The van der Waals surface area contributed by atoms with Crippen LogP contribution in [0, 0.1) is 0 Å². The molecule has 3 N–H and O–H groups in total. The van der Waals surface area contributed by atoms with E-state index >= 15 is 0 Å². The van der Waals surface area contributed by atoms with Gasteiger partial charge in [0.1, 0.15) is 0 Å². The molecule has 86 valence electrons. The molecular formula is C11H12O5. The number of methoxy groups -OCH3 is 1.